The van der Waals surface area contributed by atoms with Crippen LogP contribution in [0.2, 0.25) is 0 Å². The van der Waals surface area contributed by atoms with Crippen LogP contribution in [0.15, 0.2) is 18.2 Å². The van der Waals surface area contributed by atoms with Crippen LogP contribution in [-0.2, 0) is 4.79 Å². The normalized spacial score (nSPS) is 21.3. The highest BCUT2D eigenvalue weighted by Gasteiger charge is 2.29. The van der Waals surface area contributed by atoms with Crippen molar-refractivity contribution in [2.45, 2.75) is 31.8 Å². The maximum Gasteiger partial charge on any atom is 0.230 e. The molecule has 1 aromatic rings. The number of rotatable bonds is 2. The van der Waals surface area contributed by atoms with E-state index in [1.807, 2.05) is 0 Å². The van der Waals surface area contributed by atoms with Gasteiger partial charge >= 0.3 is 0 Å². The third kappa shape index (κ3) is 2.92. The summed E-state index contributed by atoms with van der Waals surface area (Å²) in [4.78, 5) is 13.7. The smallest absolute Gasteiger partial charge is 0.230 e. The van der Waals surface area contributed by atoms with Gasteiger partial charge in [-0.25, -0.2) is 8.78 Å². The molecule has 2 unspecified atom stereocenters. The molecule has 2 rings (SSSR count). The first-order chi connectivity index (χ1) is 9.00. The van der Waals surface area contributed by atoms with E-state index in [1.165, 1.54) is 17.9 Å². The SMILES string of the molecule is CC(C(=O)N1CCCC(O)C1)c1c(F)cccc1F. The maximum absolute atomic E-state index is 13.6. The lowest BCUT2D eigenvalue weighted by Gasteiger charge is -2.32. The van der Waals surface area contributed by atoms with Crippen LogP contribution in [0.25, 0.3) is 0 Å². The monoisotopic (exact) mass is 269 g/mol. The predicted molar refractivity (Wildman–Crippen MR) is 66.6 cm³/mol. The zero-order valence-corrected chi connectivity index (χ0v) is 10.8. The van der Waals surface area contributed by atoms with Crippen molar-refractivity contribution >= 4 is 5.91 Å². The molecule has 1 aromatic carbocycles. The summed E-state index contributed by atoms with van der Waals surface area (Å²) in [5.74, 6) is -2.65. The number of hydrogen-bond acceptors (Lipinski definition) is 2. The van der Waals surface area contributed by atoms with Gasteiger partial charge in [-0.2, -0.15) is 0 Å². The van der Waals surface area contributed by atoms with Crippen molar-refractivity contribution < 1.29 is 18.7 Å². The van der Waals surface area contributed by atoms with Gasteiger partial charge in [-0.3, -0.25) is 4.79 Å². The molecule has 2 atom stereocenters. The third-order valence-corrected chi connectivity index (χ3v) is 3.51. The fraction of sp³-hybridized carbons (Fsp3) is 0.500. The number of aliphatic hydroxyl groups is 1. The van der Waals surface area contributed by atoms with Gasteiger partial charge in [0, 0.05) is 18.7 Å². The van der Waals surface area contributed by atoms with Gasteiger partial charge in [-0.05, 0) is 31.9 Å². The van der Waals surface area contributed by atoms with Crippen LogP contribution >= 0.6 is 0 Å². The number of halogens is 2. The molecule has 0 radical (unpaired) electrons. The quantitative estimate of drug-likeness (QED) is 0.892. The Morgan fingerprint density at radius 2 is 2.05 bits per heavy atom. The van der Waals surface area contributed by atoms with Crippen LogP contribution < -0.4 is 0 Å². The average Bonchev–Trinajstić information content (AvgIpc) is 2.37. The average molecular weight is 269 g/mol. The number of piperidine rings is 1. The molecule has 1 aliphatic rings. The van der Waals surface area contributed by atoms with Gasteiger partial charge in [-0.15, -0.1) is 0 Å². The summed E-state index contributed by atoms with van der Waals surface area (Å²) < 4.78 is 27.3. The Balaban J connectivity index is 2.19. The van der Waals surface area contributed by atoms with Gasteiger partial charge in [0.15, 0.2) is 0 Å². The van der Waals surface area contributed by atoms with E-state index < -0.39 is 23.7 Å². The number of aliphatic hydroxyl groups excluding tert-OH is 1. The molecule has 1 N–H and O–H groups in total. The number of carbonyl (C=O) groups is 1. The Morgan fingerprint density at radius 3 is 2.63 bits per heavy atom. The van der Waals surface area contributed by atoms with Crippen molar-refractivity contribution in [3.05, 3.63) is 35.4 Å². The van der Waals surface area contributed by atoms with E-state index in [9.17, 15) is 18.7 Å². The van der Waals surface area contributed by atoms with Crippen molar-refractivity contribution in [2.24, 2.45) is 0 Å². The highest BCUT2D eigenvalue weighted by molar-refractivity contribution is 5.83. The first-order valence-electron chi connectivity index (χ1n) is 6.41. The fourth-order valence-electron chi connectivity index (χ4n) is 2.48. The van der Waals surface area contributed by atoms with Crippen molar-refractivity contribution in [2.75, 3.05) is 13.1 Å². The molecule has 0 aromatic heterocycles. The number of carbonyl (C=O) groups excluding carboxylic acids is 1. The Bertz CT molecular complexity index is 458. The lowest BCUT2D eigenvalue weighted by molar-refractivity contribution is -0.135. The first kappa shape index (κ1) is 13.9. The van der Waals surface area contributed by atoms with Crippen LogP contribution in [0, 0.1) is 11.6 Å². The number of hydrogen-bond donors (Lipinski definition) is 1. The Morgan fingerprint density at radius 1 is 1.42 bits per heavy atom. The molecule has 0 saturated carbocycles. The highest BCUT2D eigenvalue weighted by atomic mass is 19.1. The second-order valence-electron chi connectivity index (χ2n) is 4.94. The van der Waals surface area contributed by atoms with Gasteiger partial charge < -0.3 is 10.0 Å². The van der Waals surface area contributed by atoms with Crippen molar-refractivity contribution in [3.8, 4) is 0 Å². The molecular formula is C14H17F2NO2. The molecule has 1 fully saturated rings. The summed E-state index contributed by atoms with van der Waals surface area (Å²) in [5.41, 5.74) is -0.201. The Hall–Kier alpha value is -1.49. The minimum atomic E-state index is -0.883. The topological polar surface area (TPSA) is 40.5 Å². The second-order valence-corrected chi connectivity index (χ2v) is 4.94. The molecule has 1 amide bonds. The van der Waals surface area contributed by atoms with Gasteiger partial charge in [0.1, 0.15) is 11.6 Å². The molecule has 5 heteroatoms. The number of amides is 1. The van der Waals surface area contributed by atoms with E-state index in [-0.39, 0.29) is 18.0 Å². The summed E-state index contributed by atoms with van der Waals surface area (Å²) in [6.45, 7) is 2.25. The summed E-state index contributed by atoms with van der Waals surface area (Å²) in [5, 5.41) is 9.55. The van der Waals surface area contributed by atoms with E-state index >= 15 is 0 Å². The summed E-state index contributed by atoms with van der Waals surface area (Å²) in [6, 6.07) is 3.57. The van der Waals surface area contributed by atoms with Crippen LogP contribution in [0.4, 0.5) is 8.78 Å². The number of likely N-dealkylation sites (tertiary alicyclic amines) is 1. The van der Waals surface area contributed by atoms with Gasteiger partial charge in [-0.1, -0.05) is 6.07 Å². The molecule has 0 bridgehead atoms. The van der Waals surface area contributed by atoms with Crippen molar-refractivity contribution in [1.29, 1.82) is 0 Å². The molecule has 0 aliphatic carbocycles. The van der Waals surface area contributed by atoms with Crippen LogP contribution in [-0.4, -0.2) is 35.1 Å². The number of β-amino-alcohol motifs (C(OH)–C–C–N with tert-alkyl or cyclic N) is 1. The summed E-state index contributed by atoms with van der Waals surface area (Å²) in [6.07, 6.45) is 0.821. The van der Waals surface area contributed by atoms with E-state index in [4.69, 9.17) is 0 Å². The lowest BCUT2D eigenvalue weighted by atomic mass is 9.97. The largest absolute Gasteiger partial charge is 0.391 e. The zero-order valence-electron chi connectivity index (χ0n) is 10.8. The summed E-state index contributed by atoms with van der Waals surface area (Å²) in [7, 11) is 0. The van der Waals surface area contributed by atoms with Crippen molar-refractivity contribution in [3.63, 3.8) is 0 Å². The summed E-state index contributed by atoms with van der Waals surface area (Å²) >= 11 is 0. The molecule has 0 spiro atoms. The third-order valence-electron chi connectivity index (χ3n) is 3.51. The van der Waals surface area contributed by atoms with Crippen molar-refractivity contribution in [1.82, 2.24) is 4.90 Å². The fourth-order valence-corrected chi connectivity index (χ4v) is 2.48. The molecular weight excluding hydrogens is 252 g/mol. The lowest BCUT2D eigenvalue weighted by Crippen LogP contribution is -2.44. The van der Waals surface area contributed by atoms with E-state index in [1.54, 1.807) is 0 Å². The maximum atomic E-state index is 13.6. The minimum Gasteiger partial charge on any atom is -0.391 e. The standard InChI is InChI=1S/C14H17F2NO2/c1-9(13-11(15)5-2-6-12(13)16)14(19)17-7-3-4-10(18)8-17/h2,5-6,9-10,18H,3-4,7-8H2,1H3. The van der Waals surface area contributed by atoms with Gasteiger partial charge in [0.05, 0.1) is 12.0 Å². The minimum absolute atomic E-state index is 0.201. The second kappa shape index (κ2) is 5.65. The molecule has 3 nitrogen and oxygen atoms in total. The molecule has 1 saturated heterocycles. The van der Waals surface area contributed by atoms with Crippen LogP contribution in [0.1, 0.15) is 31.2 Å². The molecule has 19 heavy (non-hydrogen) atoms. The predicted octanol–water partition coefficient (Wildman–Crippen LogP) is 2.05. The number of nitrogens with zero attached hydrogens (tertiary/aromatic N) is 1. The Kier molecular flexibility index (Phi) is 4.14. The van der Waals surface area contributed by atoms with Gasteiger partial charge in [0.25, 0.3) is 0 Å². The van der Waals surface area contributed by atoms with Crippen LogP contribution in [0.3, 0.4) is 0 Å². The molecule has 104 valence electrons. The highest BCUT2D eigenvalue weighted by Crippen LogP contribution is 2.25. The zero-order chi connectivity index (χ0) is 14.0. The van der Waals surface area contributed by atoms with E-state index in [2.05, 4.69) is 0 Å². The van der Waals surface area contributed by atoms with E-state index in [0.29, 0.717) is 19.4 Å². The molecule has 1 heterocycles. The van der Waals surface area contributed by atoms with Gasteiger partial charge in [0.2, 0.25) is 5.91 Å². The molecule has 1 aliphatic heterocycles. The number of benzene rings is 1. The van der Waals surface area contributed by atoms with Crippen LogP contribution in [0.5, 0.6) is 0 Å². The van der Waals surface area contributed by atoms with E-state index in [0.717, 1.165) is 12.1 Å². The Labute approximate surface area is 110 Å². The first-order valence-corrected chi connectivity index (χ1v) is 6.41.